The van der Waals surface area contributed by atoms with Crippen molar-refractivity contribution < 1.29 is 14.0 Å². The molecule has 4 nitrogen and oxygen atoms in total. The Labute approximate surface area is 154 Å². The Bertz CT molecular complexity index is 655. The summed E-state index contributed by atoms with van der Waals surface area (Å²) < 4.78 is 11.0. The molecule has 0 amide bonds. The van der Waals surface area contributed by atoms with Gasteiger partial charge in [0, 0.05) is 5.92 Å². The second kappa shape index (κ2) is 12.4. The molecular formula is C19H26ClFN2O2. The smallest absolute Gasteiger partial charge is 0.186 e. The van der Waals surface area contributed by atoms with Gasteiger partial charge < -0.3 is 0 Å². The van der Waals surface area contributed by atoms with Crippen LogP contribution < -0.4 is 0 Å². The Morgan fingerprint density at radius 3 is 2.20 bits per heavy atom. The predicted molar refractivity (Wildman–Crippen MR) is 100 cm³/mol. The van der Waals surface area contributed by atoms with Gasteiger partial charge in [0.15, 0.2) is 12.1 Å². The number of carbonyl (C=O) groups is 2. The lowest BCUT2D eigenvalue weighted by molar-refractivity contribution is 0.0929. The van der Waals surface area contributed by atoms with E-state index in [-0.39, 0.29) is 28.1 Å². The van der Waals surface area contributed by atoms with Gasteiger partial charge in [0.25, 0.3) is 0 Å². The third-order valence-corrected chi connectivity index (χ3v) is 3.37. The zero-order valence-corrected chi connectivity index (χ0v) is 16.2. The summed E-state index contributed by atoms with van der Waals surface area (Å²) in [6.45, 7) is 8.20. The van der Waals surface area contributed by atoms with E-state index in [4.69, 9.17) is 11.6 Å². The molecule has 0 unspecified atom stereocenters. The van der Waals surface area contributed by atoms with Crippen LogP contribution in [0.4, 0.5) is 4.39 Å². The second-order valence-corrected chi connectivity index (χ2v) is 5.90. The molecule has 1 heterocycles. The minimum atomic E-state index is -0.232. The summed E-state index contributed by atoms with van der Waals surface area (Å²) in [6.07, 6.45) is 1.84. The van der Waals surface area contributed by atoms with Crippen molar-refractivity contribution in [1.29, 1.82) is 0 Å². The van der Waals surface area contributed by atoms with Gasteiger partial charge >= 0.3 is 0 Å². The van der Waals surface area contributed by atoms with Crippen molar-refractivity contribution in [1.82, 2.24) is 9.78 Å². The number of nitrogens with zero attached hydrogens (tertiary/aromatic N) is 2. The molecule has 0 saturated heterocycles. The first kappa shape index (κ1) is 23.0. The number of aldehydes is 1. The number of carbonyl (C=O) groups excluding carboxylic acids is 2. The predicted octanol–water partition coefficient (Wildman–Crippen LogP) is 5.24. The Morgan fingerprint density at radius 2 is 1.76 bits per heavy atom. The highest BCUT2D eigenvalue weighted by molar-refractivity contribution is 6.32. The molecule has 0 aliphatic rings. The Balaban J connectivity index is 0.00000104. The maximum Gasteiger partial charge on any atom is 0.186 e. The highest BCUT2D eigenvalue weighted by atomic mass is 35.5. The summed E-state index contributed by atoms with van der Waals surface area (Å²) in [6, 6.07) is 9.60. The SMILES string of the molecule is CC(C)C(=O)c1nn(Cc2ccccc2)c(Cl)c1C=O.CCC.CF. The van der Waals surface area contributed by atoms with Crippen molar-refractivity contribution in [3.63, 3.8) is 0 Å². The van der Waals surface area contributed by atoms with Crippen LogP contribution in [0.2, 0.25) is 5.15 Å². The minimum Gasteiger partial charge on any atom is -0.298 e. The van der Waals surface area contributed by atoms with Gasteiger partial charge in [-0.2, -0.15) is 5.10 Å². The number of Topliss-reactive ketones (excluding diaryl/α,β-unsaturated/α-hetero) is 1. The van der Waals surface area contributed by atoms with E-state index in [1.54, 1.807) is 13.8 Å². The molecule has 2 rings (SSSR count). The van der Waals surface area contributed by atoms with E-state index < -0.39 is 0 Å². The fraction of sp³-hybridized carbons (Fsp3) is 0.421. The molecule has 1 aromatic heterocycles. The quantitative estimate of drug-likeness (QED) is 0.535. The number of aromatic nitrogens is 2. The number of hydrogen-bond donors (Lipinski definition) is 0. The number of hydrogen-bond acceptors (Lipinski definition) is 3. The third-order valence-electron chi connectivity index (χ3n) is 2.98. The summed E-state index contributed by atoms with van der Waals surface area (Å²) in [4.78, 5) is 23.2. The van der Waals surface area contributed by atoms with E-state index in [0.29, 0.717) is 20.0 Å². The number of alkyl halides is 1. The van der Waals surface area contributed by atoms with Crippen LogP contribution in [0.1, 0.15) is 60.5 Å². The molecule has 0 aliphatic heterocycles. The molecule has 138 valence electrons. The van der Waals surface area contributed by atoms with E-state index in [9.17, 15) is 14.0 Å². The van der Waals surface area contributed by atoms with Crippen LogP contribution in [0, 0.1) is 5.92 Å². The normalized spacial score (nSPS) is 9.60. The monoisotopic (exact) mass is 368 g/mol. The first-order valence-corrected chi connectivity index (χ1v) is 8.51. The first-order chi connectivity index (χ1) is 12.0. The van der Waals surface area contributed by atoms with Gasteiger partial charge in [0.1, 0.15) is 10.8 Å². The van der Waals surface area contributed by atoms with Crippen LogP contribution in [0.25, 0.3) is 0 Å². The van der Waals surface area contributed by atoms with Gasteiger partial charge in [-0.15, -0.1) is 0 Å². The molecule has 0 bridgehead atoms. The van der Waals surface area contributed by atoms with Crippen molar-refractivity contribution in [3.8, 4) is 0 Å². The zero-order valence-electron chi connectivity index (χ0n) is 15.4. The van der Waals surface area contributed by atoms with E-state index in [0.717, 1.165) is 5.56 Å². The molecular weight excluding hydrogens is 343 g/mol. The van der Waals surface area contributed by atoms with Crippen LogP contribution >= 0.6 is 11.6 Å². The summed E-state index contributed by atoms with van der Waals surface area (Å²) in [5.41, 5.74) is 1.31. The molecule has 1 aromatic carbocycles. The van der Waals surface area contributed by atoms with Crippen molar-refractivity contribution in [2.45, 2.75) is 40.7 Å². The zero-order chi connectivity index (χ0) is 19.4. The molecule has 0 radical (unpaired) electrons. The van der Waals surface area contributed by atoms with Crippen LogP contribution in [0.5, 0.6) is 0 Å². The van der Waals surface area contributed by atoms with Gasteiger partial charge in [0.2, 0.25) is 0 Å². The molecule has 0 atom stereocenters. The summed E-state index contributed by atoms with van der Waals surface area (Å²) in [7, 11) is 0.500. The molecule has 0 N–H and O–H groups in total. The molecule has 25 heavy (non-hydrogen) atoms. The van der Waals surface area contributed by atoms with E-state index in [1.807, 2.05) is 30.3 Å². The molecule has 0 aliphatic carbocycles. The van der Waals surface area contributed by atoms with Crippen LogP contribution in [0.3, 0.4) is 0 Å². The fourth-order valence-electron chi connectivity index (χ4n) is 1.88. The van der Waals surface area contributed by atoms with Crippen LogP contribution in [-0.2, 0) is 6.54 Å². The second-order valence-electron chi connectivity index (χ2n) is 5.54. The number of benzene rings is 1. The van der Waals surface area contributed by atoms with Crippen LogP contribution in [-0.4, -0.2) is 29.0 Å². The molecule has 6 heteroatoms. The summed E-state index contributed by atoms with van der Waals surface area (Å²) in [5, 5.41) is 4.40. The standard InChI is InChI=1S/C15H15ClN2O2.C3H8.CH3F/c1-10(2)14(20)13-12(9-19)15(16)18(17-13)8-11-6-4-3-5-7-11;1-3-2;1-2/h3-7,9-10H,8H2,1-2H3;3H2,1-2H3;1H3. The minimum absolute atomic E-state index is 0.149. The number of ketones is 1. The van der Waals surface area contributed by atoms with Gasteiger partial charge in [0.05, 0.1) is 19.3 Å². The fourth-order valence-corrected chi connectivity index (χ4v) is 2.11. The van der Waals surface area contributed by atoms with Gasteiger partial charge in [-0.1, -0.05) is 76.0 Å². The van der Waals surface area contributed by atoms with Gasteiger partial charge in [-0.3, -0.25) is 14.0 Å². The van der Waals surface area contributed by atoms with E-state index >= 15 is 0 Å². The van der Waals surface area contributed by atoms with Crippen molar-refractivity contribution in [2.75, 3.05) is 7.18 Å². The topological polar surface area (TPSA) is 52.0 Å². The lowest BCUT2D eigenvalue weighted by Gasteiger charge is -2.03. The van der Waals surface area contributed by atoms with Gasteiger partial charge in [-0.25, -0.2) is 4.68 Å². The highest BCUT2D eigenvalue weighted by Crippen LogP contribution is 2.21. The highest BCUT2D eigenvalue weighted by Gasteiger charge is 2.23. The lowest BCUT2D eigenvalue weighted by Crippen LogP contribution is -2.11. The maximum absolute atomic E-state index is 12.0. The van der Waals surface area contributed by atoms with E-state index in [2.05, 4.69) is 18.9 Å². The number of halogens is 2. The van der Waals surface area contributed by atoms with Crippen molar-refractivity contribution >= 4 is 23.7 Å². The molecule has 0 fully saturated rings. The maximum atomic E-state index is 12.0. The summed E-state index contributed by atoms with van der Waals surface area (Å²) in [5.74, 6) is -0.411. The van der Waals surface area contributed by atoms with Crippen molar-refractivity contribution in [2.24, 2.45) is 5.92 Å². The average Bonchev–Trinajstić information content (AvgIpc) is 2.93. The third kappa shape index (κ3) is 6.78. The molecule has 0 saturated carbocycles. The average molecular weight is 369 g/mol. The Morgan fingerprint density at radius 1 is 1.24 bits per heavy atom. The van der Waals surface area contributed by atoms with Gasteiger partial charge in [-0.05, 0) is 5.56 Å². The molecule has 0 spiro atoms. The van der Waals surface area contributed by atoms with Crippen molar-refractivity contribution in [3.05, 3.63) is 52.3 Å². The number of rotatable bonds is 5. The lowest BCUT2D eigenvalue weighted by atomic mass is 10.0. The molecule has 2 aromatic rings. The van der Waals surface area contributed by atoms with Crippen LogP contribution in [0.15, 0.2) is 30.3 Å². The summed E-state index contributed by atoms with van der Waals surface area (Å²) >= 11 is 6.15. The Kier molecular flexibility index (Phi) is 11.4. The Hall–Kier alpha value is -2.01. The first-order valence-electron chi connectivity index (χ1n) is 8.13. The van der Waals surface area contributed by atoms with E-state index in [1.165, 1.54) is 11.1 Å². The largest absolute Gasteiger partial charge is 0.298 e.